The Labute approximate surface area is 110 Å². The normalized spacial score (nSPS) is 13.2. The minimum absolute atomic E-state index is 0.0627. The monoisotopic (exact) mass is 299 g/mol. The van der Waals surface area contributed by atoms with E-state index in [1.165, 1.54) is 0 Å². The molecular formula is C13H18BrNO2. The number of benzene rings is 1. The van der Waals surface area contributed by atoms with E-state index in [9.17, 15) is 4.79 Å². The standard InChI is InChI=1S/C13H18BrNO2/c1-13(2,3)8-11(17-12(15)16)9-4-6-10(14)7-5-9/h4-7,11H,8H2,1-3H3,(H2,15,16). The van der Waals surface area contributed by atoms with Gasteiger partial charge in [-0.2, -0.15) is 0 Å². The van der Waals surface area contributed by atoms with Crippen molar-refractivity contribution in [2.75, 3.05) is 0 Å². The third-order valence-corrected chi connectivity index (χ3v) is 2.83. The van der Waals surface area contributed by atoms with Crippen molar-refractivity contribution in [3.05, 3.63) is 34.3 Å². The summed E-state index contributed by atoms with van der Waals surface area (Å²) in [5.41, 5.74) is 6.13. The van der Waals surface area contributed by atoms with E-state index in [4.69, 9.17) is 10.5 Å². The van der Waals surface area contributed by atoms with E-state index in [1.807, 2.05) is 24.3 Å². The summed E-state index contributed by atoms with van der Waals surface area (Å²) in [4.78, 5) is 10.9. The van der Waals surface area contributed by atoms with E-state index in [2.05, 4.69) is 36.7 Å². The van der Waals surface area contributed by atoms with Crippen LogP contribution in [0, 0.1) is 5.41 Å². The topological polar surface area (TPSA) is 52.3 Å². The molecule has 2 N–H and O–H groups in total. The number of hydrogen-bond donors (Lipinski definition) is 1. The van der Waals surface area contributed by atoms with Crippen molar-refractivity contribution < 1.29 is 9.53 Å². The first-order valence-electron chi connectivity index (χ1n) is 5.49. The molecule has 0 saturated heterocycles. The van der Waals surface area contributed by atoms with Crippen LogP contribution in [0.2, 0.25) is 0 Å². The highest BCUT2D eigenvalue weighted by atomic mass is 79.9. The van der Waals surface area contributed by atoms with Crippen LogP contribution >= 0.6 is 15.9 Å². The van der Waals surface area contributed by atoms with Gasteiger partial charge in [-0.3, -0.25) is 0 Å². The summed E-state index contributed by atoms with van der Waals surface area (Å²) in [6.07, 6.45) is -0.292. The van der Waals surface area contributed by atoms with Gasteiger partial charge in [0.1, 0.15) is 6.10 Å². The molecule has 0 radical (unpaired) electrons. The summed E-state index contributed by atoms with van der Waals surface area (Å²) < 4.78 is 6.17. The molecule has 1 atom stereocenters. The zero-order valence-electron chi connectivity index (χ0n) is 10.4. The number of hydrogen-bond acceptors (Lipinski definition) is 2. The van der Waals surface area contributed by atoms with E-state index in [-0.39, 0.29) is 11.5 Å². The lowest BCUT2D eigenvalue weighted by Gasteiger charge is -2.25. The third kappa shape index (κ3) is 5.22. The molecule has 17 heavy (non-hydrogen) atoms. The van der Waals surface area contributed by atoms with Crippen LogP contribution in [-0.4, -0.2) is 6.09 Å². The fourth-order valence-electron chi connectivity index (χ4n) is 1.60. The molecule has 0 bridgehead atoms. The Kier molecular flexibility index (Phi) is 4.57. The van der Waals surface area contributed by atoms with Gasteiger partial charge in [-0.15, -0.1) is 0 Å². The molecule has 0 fully saturated rings. The van der Waals surface area contributed by atoms with Gasteiger partial charge in [0.25, 0.3) is 0 Å². The molecule has 0 spiro atoms. The maximum Gasteiger partial charge on any atom is 0.405 e. The second kappa shape index (κ2) is 5.54. The van der Waals surface area contributed by atoms with E-state index < -0.39 is 6.09 Å². The van der Waals surface area contributed by atoms with E-state index >= 15 is 0 Å². The third-order valence-electron chi connectivity index (χ3n) is 2.30. The van der Waals surface area contributed by atoms with Crippen LogP contribution in [0.1, 0.15) is 38.9 Å². The fraction of sp³-hybridized carbons (Fsp3) is 0.462. The van der Waals surface area contributed by atoms with Gasteiger partial charge < -0.3 is 10.5 Å². The van der Waals surface area contributed by atoms with Crippen molar-refractivity contribution in [2.45, 2.75) is 33.3 Å². The first-order valence-corrected chi connectivity index (χ1v) is 6.29. The van der Waals surface area contributed by atoms with Gasteiger partial charge in [0, 0.05) is 4.47 Å². The molecule has 94 valence electrons. The van der Waals surface area contributed by atoms with Gasteiger partial charge in [0.05, 0.1) is 0 Å². The average molecular weight is 300 g/mol. The zero-order valence-corrected chi connectivity index (χ0v) is 12.0. The molecule has 0 aliphatic carbocycles. The number of carbonyl (C=O) groups is 1. The Morgan fingerprint density at radius 3 is 2.29 bits per heavy atom. The molecule has 4 heteroatoms. The largest absolute Gasteiger partial charge is 0.441 e. The maximum atomic E-state index is 10.9. The van der Waals surface area contributed by atoms with Gasteiger partial charge >= 0.3 is 6.09 Å². The van der Waals surface area contributed by atoms with E-state index in [0.717, 1.165) is 16.5 Å². The minimum atomic E-state index is -0.734. The highest BCUT2D eigenvalue weighted by Crippen LogP contribution is 2.32. The second-order valence-corrected chi connectivity index (χ2v) is 6.16. The van der Waals surface area contributed by atoms with Gasteiger partial charge in [-0.25, -0.2) is 4.79 Å². The number of rotatable bonds is 3. The lowest BCUT2D eigenvalue weighted by Crippen LogP contribution is -2.21. The molecule has 3 nitrogen and oxygen atoms in total. The average Bonchev–Trinajstić information content (AvgIpc) is 2.14. The van der Waals surface area contributed by atoms with Crippen molar-refractivity contribution in [1.82, 2.24) is 0 Å². The molecule has 0 aliphatic heterocycles. The highest BCUT2D eigenvalue weighted by Gasteiger charge is 2.22. The maximum absolute atomic E-state index is 10.9. The Morgan fingerprint density at radius 1 is 1.35 bits per heavy atom. The van der Waals surface area contributed by atoms with Gasteiger partial charge in [-0.05, 0) is 29.5 Å². The quantitative estimate of drug-likeness (QED) is 0.916. The van der Waals surface area contributed by atoms with E-state index in [1.54, 1.807) is 0 Å². The predicted molar refractivity (Wildman–Crippen MR) is 71.6 cm³/mol. The summed E-state index contributed by atoms with van der Waals surface area (Å²) in [6, 6.07) is 7.72. The molecule has 0 aromatic heterocycles. The van der Waals surface area contributed by atoms with Gasteiger partial charge in [0.2, 0.25) is 0 Å². The van der Waals surface area contributed by atoms with Crippen LogP contribution in [0.15, 0.2) is 28.7 Å². The Balaban J connectivity index is 2.89. The van der Waals surface area contributed by atoms with Crippen LogP contribution in [0.3, 0.4) is 0 Å². The lowest BCUT2D eigenvalue weighted by atomic mass is 9.87. The molecule has 0 heterocycles. The summed E-state index contributed by atoms with van der Waals surface area (Å²) in [6.45, 7) is 6.30. The van der Waals surface area contributed by atoms with E-state index in [0.29, 0.717) is 0 Å². The molecule has 1 amide bonds. The molecule has 1 aromatic carbocycles. The molecule has 0 aliphatic rings. The Hall–Kier alpha value is -1.03. The van der Waals surface area contributed by atoms with Crippen LogP contribution in [-0.2, 0) is 4.74 Å². The molecule has 1 rings (SSSR count). The smallest absolute Gasteiger partial charge is 0.405 e. The van der Waals surface area contributed by atoms with Gasteiger partial charge in [-0.1, -0.05) is 48.8 Å². The molecule has 1 aromatic rings. The van der Waals surface area contributed by atoms with Crippen LogP contribution in [0.4, 0.5) is 4.79 Å². The first kappa shape index (κ1) is 14.0. The minimum Gasteiger partial charge on any atom is -0.441 e. The molecule has 1 unspecified atom stereocenters. The van der Waals surface area contributed by atoms with Crippen molar-refractivity contribution in [2.24, 2.45) is 11.1 Å². The molecule has 0 saturated carbocycles. The summed E-state index contributed by atoms with van der Waals surface area (Å²) in [7, 11) is 0. The number of amides is 1. The summed E-state index contributed by atoms with van der Waals surface area (Å²) >= 11 is 3.37. The number of nitrogens with two attached hydrogens (primary N) is 1. The Bertz CT molecular complexity index is 381. The second-order valence-electron chi connectivity index (χ2n) is 5.24. The van der Waals surface area contributed by atoms with Crippen molar-refractivity contribution in [3.8, 4) is 0 Å². The number of carbonyl (C=O) groups excluding carboxylic acids is 1. The lowest BCUT2D eigenvalue weighted by molar-refractivity contribution is 0.0789. The number of ether oxygens (including phenoxy) is 1. The Morgan fingerprint density at radius 2 is 1.88 bits per heavy atom. The zero-order chi connectivity index (χ0) is 13.1. The van der Waals surface area contributed by atoms with Crippen molar-refractivity contribution >= 4 is 22.0 Å². The van der Waals surface area contributed by atoms with Crippen LogP contribution in [0.5, 0.6) is 0 Å². The fourth-order valence-corrected chi connectivity index (χ4v) is 1.87. The van der Waals surface area contributed by atoms with Gasteiger partial charge in [0.15, 0.2) is 0 Å². The van der Waals surface area contributed by atoms with Crippen LogP contribution < -0.4 is 5.73 Å². The molecular weight excluding hydrogens is 282 g/mol. The van der Waals surface area contributed by atoms with Crippen molar-refractivity contribution in [1.29, 1.82) is 0 Å². The summed E-state index contributed by atoms with van der Waals surface area (Å²) in [5.74, 6) is 0. The van der Waals surface area contributed by atoms with Crippen molar-refractivity contribution in [3.63, 3.8) is 0 Å². The first-order chi connectivity index (χ1) is 7.78. The number of primary amides is 1. The predicted octanol–water partition coefficient (Wildman–Crippen LogP) is 4.02. The number of halogens is 1. The highest BCUT2D eigenvalue weighted by molar-refractivity contribution is 9.10. The van der Waals surface area contributed by atoms with Crippen LogP contribution in [0.25, 0.3) is 0 Å². The SMILES string of the molecule is CC(C)(C)CC(OC(N)=O)c1ccc(Br)cc1. The summed E-state index contributed by atoms with van der Waals surface area (Å²) in [5, 5.41) is 0.